The maximum atomic E-state index is 11.6. The molecular formula is C7H11F3N2. The quantitative estimate of drug-likeness (QED) is 0.716. The Morgan fingerprint density at radius 1 is 1.50 bits per heavy atom. The second-order valence-electron chi connectivity index (χ2n) is 2.47. The lowest BCUT2D eigenvalue weighted by Gasteiger charge is -2.11. The third-order valence-electron chi connectivity index (χ3n) is 1.28. The number of hydrogen-bond acceptors (Lipinski definition) is 2. The van der Waals surface area contributed by atoms with Gasteiger partial charge in [-0.2, -0.15) is 18.4 Å². The minimum Gasteiger partial charge on any atom is -0.294 e. The molecule has 0 saturated carbocycles. The molecule has 0 aromatic rings. The first kappa shape index (κ1) is 11.2. The van der Waals surface area contributed by atoms with Crippen LogP contribution in [0.1, 0.15) is 19.8 Å². The van der Waals surface area contributed by atoms with Crippen LogP contribution in [-0.2, 0) is 0 Å². The summed E-state index contributed by atoms with van der Waals surface area (Å²) in [6.45, 7) is 0.727. The Labute approximate surface area is 69.4 Å². The molecular weight excluding hydrogens is 169 g/mol. The van der Waals surface area contributed by atoms with Crippen LogP contribution in [0.2, 0.25) is 0 Å². The van der Waals surface area contributed by atoms with Crippen LogP contribution >= 0.6 is 0 Å². The zero-order chi connectivity index (χ0) is 9.61. The summed E-state index contributed by atoms with van der Waals surface area (Å²) in [5, 5.41) is 10.5. The monoisotopic (exact) mass is 180 g/mol. The SMILES string of the molecule is CCCC(C#N)NCC(F)(F)F. The van der Waals surface area contributed by atoms with Gasteiger partial charge in [0.15, 0.2) is 0 Å². The third kappa shape index (κ3) is 5.98. The molecule has 1 atom stereocenters. The molecule has 0 heterocycles. The highest BCUT2D eigenvalue weighted by Gasteiger charge is 2.27. The first-order valence-corrected chi connectivity index (χ1v) is 3.69. The largest absolute Gasteiger partial charge is 0.401 e. The van der Waals surface area contributed by atoms with Crippen molar-refractivity contribution in [3.05, 3.63) is 0 Å². The normalized spacial score (nSPS) is 13.9. The molecule has 0 amide bonds. The number of hydrogen-bond donors (Lipinski definition) is 1. The Morgan fingerprint density at radius 3 is 2.42 bits per heavy atom. The van der Waals surface area contributed by atoms with Gasteiger partial charge in [-0.25, -0.2) is 0 Å². The van der Waals surface area contributed by atoms with Crippen LogP contribution < -0.4 is 5.32 Å². The van der Waals surface area contributed by atoms with E-state index in [1.807, 2.05) is 6.92 Å². The summed E-state index contributed by atoms with van der Waals surface area (Å²) in [4.78, 5) is 0. The molecule has 0 aromatic carbocycles. The second-order valence-corrected chi connectivity index (χ2v) is 2.47. The Balaban J connectivity index is 3.67. The van der Waals surface area contributed by atoms with Crippen molar-refractivity contribution in [2.75, 3.05) is 6.54 Å². The Kier molecular flexibility index (Phi) is 4.67. The summed E-state index contributed by atoms with van der Waals surface area (Å²) < 4.78 is 34.9. The number of nitriles is 1. The van der Waals surface area contributed by atoms with Gasteiger partial charge in [0.05, 0.1) is 18.7 Å². The van der Waals surface area contributed by atoms with Gasteiger partial charge >= 0.3 is 6.18 Å². The highest BCUT2D eigenvalue weighted by Crippen LogP contribution is 2.12. The van der Waals surface area contributed by atoms with Gasteiger partial charge in [0.1, 0.15) is 0 Å². The molecule has 0 aliphatic carbocycles. The topological polar surface area (TPSA) is 35.8 Å². The molecule has 0 aliphatic heterocycles. The van der Waals surface area contributed by atoms with Gasteiger partial charge in [-0.1, -0.05) is 13.3 Å². The van der Waals surface area contributed by atoms with Crippen molar-refractivity contribution in [2.45, 2.75) is 32.0 Å². The smallest absolute Gasteiger partial charge is 0.294 e. The van der Waals surface area contributed by atoms with Gasteiger partial charge in [-0.05, 0) is 6.42 Å². The summed E-state index contributed by atoms with van der Waals surface area (Å²) in [6.07, 6.45) is -3.08. The molecule has 0 aromatic heterocycles. The van der Waals surface area contributed by atoms with Crippen LogP contribution in [0, 0.1) is 11.3 Å². The van der Waals surface area contributed by atoms with Crippen molar-refractivity contribution >= 4 is 0 Å². The summed E-state index contributed by atoms with van der Waals surface area (Å²) in [5.74, 6) is 0. The molecule has 1 N–H and O–H groups in total. The minimum atomic E-state index is -4.23. The van der Waals surface area contributed by atoms with Crippen molar-refractivity contribution in [2.24, 2.45) is 0 Å². The van der Waals surface area contributed by atoms with Crippen LogP contribution in [0.4, 0.5) is 13.2 Å². The second kappa shape index (κ2) is 4.99. The van der Waals surface area contributed by atoms with E-state index >= 15 is 0 Å². The molecule has 5 heteroatoms. The van der Waals surface area contributed by atoms with Crippen molar-refractivity contribution in [3.63, 3.8) is 0 Å². The molecule has 2 nitrogen and oxygen atoms in total. The van der Waals surface area contributed by atoms with Crippen molar-refractivity contribution in [1.29, 1.82) is 5.26 Å². The van der Waals surface area contributed by atoms with E-state index in [-0.39, 0.29) is 0 Å². The molecule has 70 valence electrons. The minimum absolute atomic E-state index is 0.451. The Morgan fingerprint density at radius 2 is 2.08 bits per heavy atom. The van der Waals surface area contributed by atoms with Crippen molar-refractivity contribution in [3.8, 4) is 6.07 Å². The van der Waals surface area contributed by atoms with Crippen molar-refractivity contribution in [1.82, 2.24) is 5.32 Å². The maximum absolute atomic E-state index is 11.6. The molecule has 0 saturated heterocycles. The summed E-state index contributed by atoms with van der Waals surface area (Å²) in [5.41, 5.74) is 0. The number of alkyl halides is 3. The lowest BCUT2D eigenvalue weighted by atomic mass is 10.2. The van der Waals surface area contributed by atoms with Crippen LogP contribution in [0.25, 0.3) is 0 Å². The summed E-state index contributed by atoms with van der Waals surface area (Å²) in [6, 6.07) is 1.08. The molecule has 0 bridgehead atoms. The van der Waals surface area contributed by atoms with E-state index in [0.717, 1.165) is 0 Å². The first-order chi connectivity index (χ1) is 5.49. The summed E-state index contributed by atoms with van der Waals surface area (Å²) in [7, 11) is 0. The number of halogens is 3. The lowest BCUT2D eigenvalue weighted by molar-refractivity contribution is -0.125. The van der Waals surface area contributed by atoms with Gasteiger partial charge in [0.2, 0.25) is 0 Å². The average Bonchev–Trinajstić information content (AvgIpc) is 1.96. The van der Waals surface area contributed by atoms with E-state index < -0.39 is 18.8 Å². The van der Waals surface area contributed by atoms with Gasteiger partial charge in [0.25, 0.3) is 0 Å². The molecule has 0 spiro atoms. The zero-order valence-electron chi connectivity index (χ0n) is 6.78. The fourth-order valence-corrected chi connectivity index (χ4v) is 0.740. The van der Waals surface area contributed by atoms with E-state index in [9.17, 15) is 13.2 Å². The molecule has 0 radical (unpaired) electrons. The van der Waals surface area contributed by atoms with Crippen LogP contribution in [0.3, 0.4) is 0 Å². The Bertz CT molecular complexity index is 159. The zero-order valence-corrected chi connectivity index (χ0v) is 6.78. The number of nitrogens with zero attached hydrogens (tertiary/aromatic N) is 1. The fourth-order valence-electron chi connectivity index (χ4n) is 0.740. The highest BCUT2D eigenvalue weighted by atomic mass is 19.4. The summed E-state index contributed by atoms with van der Waals surface area (Å²) >= 11 is 0. The van der Waals surface area contributed by atoms with Crippen LogP contribution in [0.15, 0.2) is 0 Å². The highest BCUT2D eigenvalue weighted by molar-refractivity contribution is 4.89. The Hall–Kier alpha value is -0.760. The number of nitrogens with one attached hydrogen (secondary N) is 1. The van der Waals surface area contributed by atoms with E-state index in [2.05, 4.69) is 5.32 Å². The van der Waals surface area contributed by atoms with E-state index in [1.54, 1.807) is 6.07 Å². The molecule has 0 aliphatic rings. The third-order valence-corrected chi connectivity index (χ3v) is 1.28. The predicted molar refractivity (Wildman–Crippen MR) is 38.4 cm³/mol. The van der Waals surface area contributed by atoms with Crippen LogP contribution in [0.5, 0.6) is 0 Å². The van der Waals surface area contributed by atoms with Gasteiger partial charge in [-0.3, -0.25) is 5.32 Å². The maximum Gasteiger partial charge on any atom is 0.401 e. The van der Waals surface area contributed by atoms with E-state index in [4.69, 9.17) is 5.26 Å². The molecule has 1 unspecified atom stereocenters. The van der Waals surface area contributed by atoms with Gasteiger partial charge in [-0.15, -0.1) is 0 Å². The lowest BCUT2D eigenvalue weighted by Crippen LogP contribution is -2.36. The van der Waals surface area contributed by atoms with Gasteiger partial charge < -0.3 is 0 Å². The average molecular weight is 180 g/mol. The molecule has 0 fully saturated rings. The first-order valence-electron chi connectivity index (χ1n) is 3.69. The predicted octanol–water partition coefficient (Wildman–Crippen LogP) is 1.83. The van der Waals surface area contributed by atoms with Gasteiger partial charge in [0, 0.05) is 0 Å². The van der Waals surface area contributed by atoms with E-state index in [1.165, 1.54) is 0 Å². The molecule has 0 rings (SSSR count). The standard InChI is InChI=1S/C7H11F3N2/c1-2-3-6(4-11)12-5-7(8,9)10/h6,12H,2-3,5H2,1H3. The molecule has 12 heavy (non-hydrogen) atoms. The number of rotatable bonds is 4. The van der Waals surface area contributed by atoms with Crippen molar-refractivity contribution < 1.29 is 13.2 Å². The fraction of sp³-hybridized carbons (Fsp3) is 0.857. The van der Waals surface area contributed by atoms with Crippen LogP contribution in [-0.4, -0.2) is 18.8 Å². The van der Waals surface area contributed by atoms with E-state index in [0.29, 0.717) is 12.8 Å².